The predicted octanol–water partition coefficient (Wildman–Crippen LogP) is 0.810. The predicted molar refractivity (Wildman–Crippen MR) is 99.8 cm³/mol. The maximum absolute atomic E-state index is 12.0. The number of ether oxygens (including phenoxy) is 1. The van der Waals surface area contributed by atoms with E-state index in [9.17, 15) is 9.90 Å². The van der Waals surface area contributed by atoms with Gasteiger partial charge in [-0.25, -0.2) is 9.50 Å². The first-order valence-electron chi connectivity index (χ1n) is 9.67. The highest BCUT2D eigenvalue weighted by molar-refractivity contribution is 5.99. The highest BCUT2D eigenvalue weighted by Gasteiger charge is 2.34. The quantitative estimate of drug-likeness (QED) is 0.824. The molecule has 1 amide bonds. The summed E-state index contributed by atoms with van der Waals surface area (Å²) in [6.45, 7) is 3.82. The van der Waals surface area contributed by atoms with Crippen LogP contribution in [0.2, 0.25) is 0 Å². The molecule has 2 aromatic rings. The van der Waals surface area contributed by atoms with Crippen molar-refractivity contribution in [3.05, 3.63) is 29.7 Å². The standard InChI is InChI=1S/C19H27N5O3/c1-20-18(25)15-11-22-24-16(4-7-21-17(15)24)14-3-2-8-23(12-14)13-19(26)5-9-27-10-6-19/h4,7,11,14,26H,2-3,5-6,8-10,12-13H2,1H3,(H,20,25)/t14-/m1/s1. The topological polar surface area (TPSA) is 92.0 Å². The van der Waals surface area contributed by atoms with Crippen LogP contribution in [0, 0.1) is 0 Å². The fourth-order valence-corrected chi connectivity index (χ4v) is 4.28. The number of piperidine rings is 1. The summed E-state index contributed by atoms with van der Waals surface area (Å²) in [5.74, 6) is 0.117. The summed E-state index contributed by atoms with van der Waals surface area (Å²) in [5, 5.41) is 17.9. The molecule has 0 aromatic carbocycles. The lowest BCUT2D eigenvalue weighted by Crippen LogP contribution is -2.49. The highest BCUT2D eigenvalue weighted by Crippen LogP contribution is 2.30. The van der Waals surface area contributed by atoms with Crippen LogP contribution in [0.15, 0.2) is 18.5 Å². The minimum absolute atomic E-state index is 0.179. The van der Waals surface area contributed by atoms with Crippen molar-refractivity contribution in [2.24, 2.45) is 0 Å². The van der Waals surface area contributed by atoms with Gasteiger partial charge in [0.05, 0.1) is 17.5 Å². The summed E-state index contributed by atoms with van der Waals surface area (Å²) in [6, 6.07) is 1.99. The first-order chi connectivity index (χ1) is 13.1. The van der Waals surface area contributed by atoms with Crippen molar-refractivity contribution < 1.29 is 14.6 Å². The molecule has 1 atom stereocenters. The fourth-order valence-electron chi connectivity index (χ4n) is 4.28. The first kappa shape index (κ1) is 18.3. The smallest absolute Gasteiger partial charge is 0.256 e. The van der Waals surface area contributed by atoms with Gasteiger partial charge >= 0.3 is 0 Å². The van der Waals surface area contributed by atoms with E-state index in [1.165, 1.54) is 0 Å². The molecule has 0 aliphatic carbocycles. The molecule has 4 heterocycles. The molecule has 2 saturated heterocycles. The monoisotopic (exact) mass is 373 g/mol. The van der Waals surface area contributed by atoms with E-state index in [0.717, 1.165) is 31.6 Å². The van der Waals surface area contributed by atoms with Gasteiger partial charge in [-0.05, 0) is 25.5 Å². The number of hydrogen-bond donors (Lipinski definition) is 2. The summed E-state index contributed by atoms with van der Waals surface area (Å²) < 4.78 is 7.19. The Morgan fingerprint density at radius 3 is 3.04 bits per heavy atom. The van der Waals surface area contributed by atoms with Gasteiger partial charge in [-0.15, -0.1) is 0 Å². The number of amides is 1. The van der Waals surface area contributed by atoms with Crippen LogP contribution < -0.4 is 5.32 Å². The van der Waals surface area contributed by atoms with Crippen LogP contribution in [0.5, 0.6) is 0 Å². The van der Waals surface area contributed by atoms with Crippen molar-refractivity contribution in [2.75, 3.05) is 39.9 Å². The number of likely N-dealkylation sites (tertiary alicyclic amines) is 1. The average molecular weight is 373 g/mol. The van der Waals surface area contributed by atoms with Crippen molar-refractivity contribution in [1.29, 1.82) is 0 Å². The zero-order valence-corrected chi connectivity index (χ0v) is 15.7. The van der Waals surface area contributed by atoms with Crippen molar-refractivity contribution in [3.63, 3.8) is 0 Å². The third-order valence-corrected chi connectivity index (χ3v) is 5.77. The summed E-state index contributed by atoms with van der Waals surface area (Å²) in [7, 11) is 1.61. The third-order valence-electron chi connectivity index (χ3n) is 5.77. The number of β-amino-alcohol motifs (C(OH)–C–C–N with tert-alkyl or cyclic N) is 1. The summed E-state index contributed by atoms with van der Waals surface area (Å²) in [6.07, 6.45) is 6.86. The Labute approximate surface area is 158 Å². The summed E-state index contributed by atoms with van der Waals surface area (Å²) >= 11 is 0. The first-order valence-corrected chi connectivity index (χ1v) is 9.67. The van der Waals surface area contributed by atoms with Gasteiger partial charge in [0, 0.05) is 58.3 Å². The van der Waals surface area contributed by atoms with E-state index in [1.54, 1.807) is 24.0 Å². The Kier molecular flexibility index (Phi) is 5.12. The Morgan fingerprint density at radius 1 is 1.44 bits per heavy atom. The molecule has 0 unspecified atom stereocenters. The summed E-state index contributed by atoms with van der Waals surface area (Å²) in [5.41, 5.74) is 1.50. The van der Waals surface area contributed by atoms with Gasteiger partial charge in [0.2, 0.25) is 0 Å². The molecule has 0 spiro atoms. The number of carbonyl (C=O) groups is 1. The number of nitrogens with one attached hydrogen (secondary N) is 1. The van der Waals surface area contributed by atoms with Crippen LogP contribution in [0.25, 0.3) is 5.65 Å². The molecule has 0 bridgehead atoms. The molecule has 0 radical (unpaired) electrons. The minimum atomic E-state index is -0.647. The molecule has 2 aromatic heterocycles. The van der Waals surface area contributed by atoms with Crippen LogP contribution >= 0.6 is 0 Å². The van der Waals surface area contributed by atoms with Crippen molar-refractivity contribution >= 4 is 11.6 Å². The molecule has 4 rings (SSSR count). The number of rotatable bonds is 4. The molecule has 2 aliphatic rings. The summed E-state index contributed by atoms with van der Waals surface area (Å²) in [4.78, 5) is 18.8. The number of fused-ring (bicyclic) bond motifs is 1. The van der Waals surface area contributed by atoms with Gasteiger partial charge in [0.15, 0.2) is 5.65 Å². The van der Waals surface area contributed by atoms with E-state index >= 15 is 0 Å². The minimum Gasteiger partial charge on any atom is -0.388 e. The number of nitrogens with zero attached hydrogens (tertiary/aromatic N) is 4. The number of aliphatic hydroxyl groups is 1. The Morgan fingerprint density at radius 2 is 2.26 bits per heavy atom. The Hall–Kier alpha value is -2.03. The molecular weight excluding hydrogens is 346 g/mol. The van der Waals surface area contributed by atoms with E-state index in [4.69, 9.17) is 4.74 Å². The van der Waals surface area contributed by atoms with Crippen LogP contribution in [0.1, 0.15) is 47.7 Å². The Bertz CT molecular complexity index is 815. The van der Waals surface area contributed by atoms with E-state index in [0.29, 0.717) is 49.7 Å². The molecule has 0 saturated carbocycles. The number of hydrogen-bond acceptors (Lipinski definition) is 6. The number of aromatic nitrogens is 3. The molecule has 2 fully saturated rings. The molecule has 2 aliphatic heterocycles. The molecule has 2 N–H and O–H groups in total. The van der Waals surface area contributed by atoms with Gasteiger partial charge in [0.25, 0.3) is 5.91 Å². The zero-order chi connectivity index (χ0) is 18.9. The second-order valence-electron chi connectivity index (χ2n) is 7.65. The molecule has 27 heavy (non-hydrogen) atoms. The largest absolute Gasteiger partial charge is 0.388 e. The van der Waals surface area contributed by atoms with E-state index < -0.39 is 5.60 Å². The maximum Gasteiger partial charge on any atom is 0.256 e. The molecule has 8 nitrogen and oxygen atoms in total. The van der Waals surface area contributed by atoms with E-state index in [2.05, 4.69) is 20.3 Å². The molecule has 8 heteroatoms. The van der Waals surface area contributed by atoms with Gasteiger partial charge in [-0.1, -0.05) is 0 Å². The second kappa shape index (κ2) is 7.53. The maximum atomic E-state index is 12.0. The molecular formula is C19H27N5O3. The van der Waals surface area contributed by atoms with Crippen molar-refractivity contribution in [1.82, 2.24) is 24.8 Å². The third kappa shape index (κ3) is 3.69. The van der Waals surface area contributed by atoms with Gasteiger partial charge < -0.3 is 15.2 Å². The lowest BCUT2D eigenvalue weighted by atomic mass is 9.90. The van der Waals surface area contributed by atoms with E-state index in [-0.39, 0.29) is 5.91 Å². The normalized spacial score (nSPS) is 23.4. The lowest BCUT2D eigenvalue weighted by Gasteiger charge is -2.40. The SMILES string of the molecule is CNC(=O)c1cnn2c([C@@H]3CCCN(CC4(O)CCOCC4)C3)ccnc12. The fraction of sp³-hybridized carbons (Fsp3) is 0.632. The van der Waals surface area contributed by atoms with Crippen LogP contribution in [0.3, 0.4) is 0 Å². The van der Waals surface area contributed by atoms with Crippen molar-refractivity contribution in [2.45, 2.75) is 37.2 Å². The van der Waals surface area contributed by atoms with Crippen molar-refractivity contribution in [3.8, 4) is 0 Å². The Balaban J connectivity index is 1.54. The van der Waals surface area contributed by atoms with Gasteiger partial charge in [0.1, 0.15) is 5.56 Å². The molecule has 146 valence electrons. The van der Waals surface area contributed by atoms with Crippen LogP contribution in [-0.4, -0.2) is 76.0 Å². The van der Waals surface area contributed by atoms with Gasteiger partial charge in [-0.2, -0.15) is 5.10 Å². The van der Waals surface area contributed by atoms with Gasteiger partial charge in [-0.3, -0.25) is 9.69 Å². The van der Waals surface area contributed by atoms with Crippen LogP contribution in [-0.2, 0) is 4.74 Å². The average Bonchev–Trinajstić information content (AvgIpc) is 3.12. The lowest BCUT2D eigenvalue weighted by molar-refractivity contribution is -0.0824. The number of carbonyl (C=O) groups excluding carboxylic acids is 1. The van der Waals surface area contributed by atoms with Crippen LogP contribution in [0.4, 0.5) is 0 Å². The second-order valence-corrected chi connectivity index (χ2v) is 7.65. The highest BCUT2D eigenvalue weighted by atomic mass is 16.5. The zero-order valence-electron chi connectivity index (χ0n) is 15.7. The van der Waals surface area contributed by atoms with E-state index in [1.807, 2.05) is 6.07 Å².